The van der Waals surface area contributed by atoms with Crippen LogP contribution in [0.1, 0.15) is 46.0 Å². The third-order valence-electron chi connectivity index (χ3n) is 5.80. The van der Waals surface area contributed by atoms with Crippen molar-refractivity contribution in [3.05, 3.63) is 0 Å². The lowest BCUT2D eigenvalue weighted by Gasteiger charge is -2.59. The molecule has 2 nitrogen and oxygen atoms in total. The van der Waals surface area contributed by atoms with Gasteiger partial charge in [-0.05, 0) is 56.4 Å². The molecule has 16 heavy (non-hydrogen) atoms. The average Bonchev–Trinajstić information content (AvgIpc) is 2.50. The summed E-state index contributed by atoms with van der Waals surface area (Å²) in [7, 11) is 2.28. The fourth-order valence-electron chi connectivity index (χ4n) is 4.61. The summed E-state index contributed by atoms with van der Waals surface area (Å²) < 4.78 is 0. The highest BCUT2D eigenvalue weighted by Crippen LogP contribution is 2.59. The molecule has 2 heteroatoms. The second-order valence-electron chi connectivity index (χ2n) is 6.88. The first kappa shape index (κ1) is 11.0. The van der Waals surface area contributed by atoms with Gasteiger partial charge in [-0.25, -0.2) is 0 Å². The van der Waals surface area contributed by atoms with Gasteiger partial charge in [0.25, 0.3) is 0 Å². The van der Waals surface area contributed by atoms with Crippen LogP contribution in [0.25, 0.3) is 0 Å². The molecule has 92 valence electrons. The Kier molecular flexibility index (Phi) is 2.38. The van der Waals surface area contributed by atoms with Crippen molar-refractivity contribution in [3.8, 4) is 0 Å². The highest BCUT2D eigenvalue weighted by atomic mass is 16.3. The summed E-state index contributed by atoms with van der Waals surface area (Å²) in [4.78, 5) is 2.57. The standard InChI is InChI=1S/C14H25NO/c1-9(2)12-8-14(13(12)16)6-10-4-5-11(7-14)15(10)3/h9-13,16H,4-8H2,1-3H3. The second kappa shape index (κ2) is 3.46. The van der Waals surface area contributed by atoms with Crippen molar-refractivity contribution in [1.82, 2.24) is 4.90 Å². The molecule has 2 heterocycles. The van der Waals surface area contributed by atoms with Gasteiger partial charge in [0.1, 0.15) is 0 Å². The minimum Gasteiger partial charge on any atom is -0.392 e. The first-order valence-electron chi connectivity index (χ1n) is 6.93. The minimum absolute atomic E-state index is 0.00991. The fourth-order valence-corrected chi connectivity index (χ4v) is 4.61. The van der Waals surface area contributed by atoms with Crippen LogP contribution in [-0.4, -0.2) is 35.2 Å². The summed E-state index contributed by atoms with van der Waals surface area (Å²) >= 11 is 0. The molecule has 1 N–H and O–H groups in total. The summed E-state index contributed by atoms with van der Waals surface area (Å²) in [6, 6.07) is 1.53. The van der Waals surface area contributed by atoms with Gasteiger partial charge in [-0.1, -0.05) is 13.8 Å². The van der Waals surface area contributed by atoms with Crippen LogP contribution >= 0.6 is 0 Å². The molecule has 2 bridgehead atoms. The van der Waals surface area contributed by atoms with Crippen molar-refractivity contribution < 1.29 is 5.11 Å². The molecule has 0 aromatic heterocycles. The SMILES string of the molecule is CC(C)C1CC2(CC3CCC(C2)N3C)C1O. The van der Waals surface area contributed by atoms with E-state index in [1.807, 2.05) is 0 Å². The molecular weight excluding hydrogens is 198 g/mol. The van der Waals surface area contributed by atoms with E-state index in [0.717, 1.165) is 12.1 Å². The first-order chi connectivity index (χ1) is 7.53. The molecular formula is C14H25NO. The highest BCUT2D eigenvalue weighted by molar-refractivity contribution is 5.10. The van der Waals surface area contributed by atoms with Gasteiger partial charge < -0.3 is 10.0 Å². The van der Waals surface area contributed by atoms with Gasteiger partial charge in [0, 0.05) is 12.1 Å². The van der Waals surface area contributed by atoms with E-state index in [9.17, 15) is 5.11 Å². The van der Waals surface area contributed by atoms with Gasteiger partial charge in [0.05, 0.1) is 6.10 Å². The number of aliphatic hydroxyl groups excluding tert-OH is 1. The van der Waals surface area contributed by atoms with Crippen molar-refractivity contribution >= 4 is 0 Å². The number of hydrogen-bond acceptors (Lipinski definition) is 2. The van der Waals surface area contributed by atoms with E-state index in [2.05, 4.69) is 25.8 Å². The number of fused-ring (bicyclic) bond motifs is 2. The summed E-state index contributed by atoms with van der Waals surface area (Å²) in [6.45, 7) is 4.51. The van der Waals surface area contributed by atoms with Gasteiger partial charge >= 0.3 is 0 Å². The van der Waals surface area contributed by atoms with Crippen LogP contribution in [0.2, 0.25) is 0 Å². The lowest BCUT2D eigenvalue weighted by atomic mass is 9.51. The molecule has 3 aliphatic rings. The van der Waals surface area contributed by atoms with E-state index < -0.39 is 0 Å². The van der Waals surface area contributed by atoms with Gasteiger partial charge in [-0.2, -0.15) is 0 Å². The van der Waals surface area contributed by atoms with E-state index in [-0.39, 0.29) is 6.10 Å². The maximum Gasteiger partial charge on any atom is 0.0628 e. The second-order valence-corrected chi connectivity index (χ2v) is 6.88. The monoisotopic (exact) mass is 223 g/mol. The lowest BCUT2D eigenvalue weighted by Crippen LogP contribution is -2.60. The normalized spacial score (nSPS) is 52.3. The fraction of sp³-hybridized carbons (Fsp3) is 1.00. The van der Waals surface area contributed by atoms with Crippen LogP contribution in [0.5, 0.6) is 0 Å². The van der Waals surface area contributed by atoms with Gasteiger partial charge in [-0.3, -0.25) is 0 Å². The molecule has 3 rings (SSSR count). The highest BCUT2D eigenvalue weighted by Gasteiger charge is 2.59. The Hall–Kier alpha value is -0.0800. The summed E-state index contributed by atoms with van der Waals surface area (Å²) in [6.07, 6.45) is 6.51. The van der Waals surface area contributed by atoms with Crippen molar-refractivity contribution in [2.45, 2.75) is 64.1 Å². The summed E-state index contributed by atoms with van der Waals surface area (Å²) in [5.74, 6) is 1.22. The van der Waals surface area contributed by atoms with E-state index >= 15 is 0 Å². The van der Waals surface area contributed by atoms with Crippen molar-refractivity contribution in [2.75, 3.05) is 7.05 Å². The van der Waals surface area contributed by atoms with E-state index in [4.69, 9.17) is 0 Å². The number of hydrogen-bond donors (Lipinski definition) is 1. The van der Waals surface area contributed by atoms with E-state index in [0.29, 0.717) is 17.3 Å². The molecule has 0 radical (unpaired) electrons. The number of nitrogens with zero attached hydrogens (tertiary/aromatic N) is 1. The zero-order valence-electron chi connectivity index (χ0n) is 10.8. The Morgan fingerprint density at radius 2 is 1.69 bits per heavy atom. The molecule has 0 aromatic carbocycles. The quantitative estimate of drug-likeness (QED) is 0.737. The average molecular weight is 223 g/mol. The van der Waals surface area contributed by atoms with Crippen molar-refractivity contribution in [2.24, 2.45) is 17.3 Å². The molecule has 3 fully saturated rings. The Balaban J connectivity index is 1.74. The predicted octanol–water partition coefficient (Wildman–Crippen LogP) is 2.27. The van der Waals surface area contributed by atoms with Crippen LogP contribution in [0.15, 0.2) is 0 Å². The number of rotatable bonds is 1. The maximum atomic E-state index is 10.5. The van der Waals surface area contributed by atoms with Crippen LogP contribution in [0, 0.1) is 17.3 Å². The summed E-state index contributed by atoms with van der Waals surface area (Å²) in [5.41, 5.74) is 0.313. The molecule has 1 spiro atoms. The summed E-state index contributed by atoms with van der Waals surface area (Å²) in [5, 5.41) is 10.5. The zero-order valence-corrected chi connectivity index (χ0v) is 10.8. The number of aliphatic hydroxyl groups is 1. The smallest absolute Gasteiger partial charge is 0.0628 e. The third-order valence-corrected chi connectivity index (χ3v) is 5.80. The Morgan fingerprint density at radius 1 is 1.12 bits per heavy atom. The topological polar surface area (TPSA) is 23.5 Å². The molecule has 1 saturated carbocycles. The lowest BCUT2D eigenvalue weighted by molar-refractivity contribution is -0.171. The third kappa shape index (κ3) is 1.32. The molecule has 1 aliphatic carbocycles. The van der Waals surface area contributed by atoms with Gasteiger partial charge in [-0.15, -0.1) is 0 Å². The van der Waals surface area contributed by atoms with Crippen LogP contribution in [0.4, 0.5) is 0 Å². The first-order valence-corrected chi connectivity index (χ1v) is 6.93. The maximum absolute atomic E-state index is 10.5. The van der Waals surface area contributed by atoms with Crippen LogP contribution in [-0.2, 0) is 0 Å². The number of piperidine rings is 1. The molecule has 0 amide bonds. The molecule has 4 unspecified atom stereocenters. The molecule has 2 aliphatic heterocycles. The van der Waals surface area contributed by atoms with Gasteiger partial charge in [0.15, 0.2) is 0 Å². The van der Waals surface area contributed by atoms with Crippen LogP contribution in [0.3, 0.4) is 0 Å². The van der Waals surface area contributed by atoms with Crippen LogP contribution < -0.4 is 0 Å². The largest absolute Gasteiger partial charge is 0.392 e. The minimum atomic E-state index is -0.00991. The Labute approximate surface area is 99.0 Å². The van der Waals surface area contributed by atoms with E-state index in [1.54, 1.807) is 0 Å². The van der Waals surface area contributed by atoms with Crippen molar-refractivity contribution in [1.29, 1.82) is 0 Å². The Bertz CT molecular complexity index is 274. The molecule has 0 aromatic rings. The van der Waals surface area contributed by atoms with Gasteiger partial charge in [0.2, 0.25) is 0 Å². The van der Waals surface area contributed by atoms with Crippen molar-refractivity contribution in [3.63, 3.8) is 0 Å². The predicted molar refractivity (Wildman–Crippen MR) is 65.2 cm³/mol. The molecule has 4 atom stereocenters. The molecule has 2 saturated heterocycles. The zero-order chi connectivity index (χ0) is 11.5. The van der Waals surface area contributed by atoms with E-state index in [1.165, 1.54) is 32.1 Å². The Morgan fingerprint density at radius 3 is 2.12 bits per heavy atom.